The van der Waals surface area contributed by atoms with Crippen LogP contribution in [0.1, 0.15) is 0 Å². The van der Waals surface area contributed by atoms with Crippen molar-refractivity contribution >= 4 is 28.9 Å². The second kappa shape index (κ2) is 7.56. The summed E-state index contributed by atoms with van der Waals surface area (Å²) in [6.45, 7) is 0.125. The van der Waals surface area contributed by atoms with E-state index < -0.39 is 0 Å². The summed E-state index contributed by atoms with van der Waals surface area (Å²) in [5, 5.41) is 6.40. The van der Waals surface area contributed by atoms with Crippen molar-refractivity contribution < 1.29 is 14.3 Å². The van der Waals surface area contributed by atoms with Crippen LogP contribution in [-0.4, -0.2) is 26.7 Å². The Morgan fingerprint density at radius 1 is 1.05 bits per heavy atom. The SMILES string of the molecule is COc1cc(NC(=O)CNc2cccc(Cl)c2)cc(OC)c1. The normalized spacial score (nSPS) is 9.95. The summed E-state index contributed by atoms with van der Waals surface area (Å²) in [7, 11) is 3.11. The summed E-state index contributed by atoms with van der Waals surface area (Å²) in [4.78, 5) is 12.0. The number of halogens is 1. The van der Waals surface area contributed by atoms with Gasteiger partial charge in [0.15, 0.2) is 0 Å². The zero-order chi connectivity index (χ0) is 15.9. The number of amides is 1. The molecule has 6 heteroatoms. The monoisotopic (exact) mass is 320 g/mol. The minimum atomic E-state index is -0.185. The first-order valence-corrected chi connectivity index (χ1v) is 7.01. The fraction of sp³-hybridized carbons (Fsp3) is 0.188. The molecule has 0 aliphatic heterocycles. The first kappa shape index (κ1) is 16.0. The third-order valence-corrected chi connectivity index (χ3v) is 3.15. The molecule has 0 saturated carbocycles. The molecule has 2 rings (SSSR count). The number of rotatable bonds is 6. The summed E-state index contributed by atoms with van der Waals surface area (Å²) in [5.41, 5.74) is 1.39. The molecule has 0 heterocycles. The van der Waals surface area contributed by atoms with Crippen LogP contribution < -0.4 is 20.1 Å². The Morgan fingerprint density at radius 2 is 1.73 bits per heavy atom. The molecular weight excluding hydrogens is 304 g/mol. The lowest BCUT2D eigenvalue weighted by molar-refractivity contribution is -0.114. The molecule has 5 nitrogen and oxygen atoms in total. The van der Waals surface area contributed by atoms with Crippen LogP contribution in [0.15, 0.2) is 42.5 Å². The largest absolute Gasteiger partial charge is 0.497 e. The van der Waals surface area contributed by atoms with Gasteiger partial charge in [-0.1, -0.05) is 17.7 Å². The number of anilines is 2. The number of carbonyl (C=O) groups excluding carboxylic acids is 1. The minimum absolute atomic E-state index is 0.125. The maximum absolute atomic E-state index is 12.0. The van der Waals surface area contributed by atoms with Gasteiger partial charge >= 0.3 is 0 Å². The van der Waals surface area contributed by atoms with Gasteiger partial charge in [0.05, 0.1) is 20.8 Å². The number of hydrogen-bond donors (Lipinski definition) is 2. The van der Waals surface area contributed by atoms with Crippen LogP contribution in [0.3, 0.4) is 0 Å². The van der Waals surface area contributed by atoms with Gasteiger partial charge in [-0.2, -0.15) is 0 Å². The van der Waals surface area contributed by atoms with Gasteiger partial charge in [-0.15, -0.1) is 0 Å². The Kier molecular flexibility index (Phi) is 5.49. The standard InChI is InChI=1S/C16H17ClN2O3/c1-21-14-7-13(8-15(9-14)22-2)19-16(20)10-18-12-5-3-4-11(17)6-12/h3-9,18H,10H2,1-2H3,(H,19,20). The van der Waals surface area contributed by atoms with Gasteiger partial charge in [-0.05, 0) is 18.2 Å². The Labute approximate surface area is 134 Å². The van der Waals surface area contributed by atoms with Gasteiger partial charge in [0.2, 0.25) is 5.91 Å². The van der Waals surface area contributed by atoms with Gasteiger partial charge in [0.1, 0.15) is 11.5 Å². The highest BCUT2D eigenvalue weighted by Crippen LogP contribution is 2.25. The summed E-state index contributed by atoms with van der Waals surface area (Å²) in [6.07, 6.45) is 0. The third-order valence-electron chi connectivity index (χ3n) is 2.91. The van der Waals surface area contributed by atoms with Crippen LogP contribution in [0.2, 0.25) is 5.02 Å². The van der Waals surface area contributed by atoms with Crippen LogP contribution in [0.5, 0.6) is 11.5 Å². The second-order valence-corrected chi connectivity index (χ2v) is 4.95. The van der Waals surface area contributed by atoms with E-state index in [9.17, 15) is 4.79 Å². The lowest BCUT2D eigenvalue weighted by Gasteiger charge is -2.11. The summed E-state index contributed by atoms with van der Waals surface area (Å²) < 4.78 is 10.3. The smallest absolute Gasteiger partial charge is 0.243 e. The molecular formula is C16H17ClN2O3. The van der Waals surface area contributed by atoms with E-state index in [1.807, 2.05) is 12.1 Å². The molecule has 116 valence electrons. The molecule has 0 atom stereocenters. The van der Waals surface area contributed by atoms with Gasteiger partial charge in [0.25, 0.3) is 0 Å². The van der Waals surface area contributed by atoms with Crippen LogP contribution in [-0.2, 0) is 4.79 Å². The molecule has 22 heavy (non-hydrogen) atoms. The average molecular weight is 321 g/mol. The van der Waals surface area contributed by atoms with Crippen molar-refractivity contribution in [1.82, 2.24) is 0 Å². The topological polar surface area (TPSA) is 59.6 Å². The Balaban J connectivity index is 1.97. The van der Waals surface area contributed by atoms with E-state index in [0.717, 1.165) is 5.69 Å². The van der Waals surface area contributed by atoms with Crippen molar-refractivity contribution in [3.05, 3.63) is 47.5 Å². The van der Waals surface area contributed by atoms with E-state index in [0.29, 0.717) is 22.2 Å². The molecule has 0 radical (unpaired) electrons. The molecule has 2 aromatic carbocycles. The van der Waals surface area contributed by atoms with Crippen LogP contribution >= 0.6 is 11.6 Å². The zero-order valence-electron chi connectivity index (χ0n) is 12.4. The molecule has 0 aliphatic carbocycles. The highest BCUT2D eigenvalue weighted by molar-refractivity contribution is 6.30. The van der Waals surface area contributed by atoms with Gasteiger partial charge in [0, 0.05) is 34.6 Å². The van der Waals surface area contributed by atoms with Gasteiger partial charge in [-0.3, -0.25) is 4.79 Å². The Hall–Kier alpha value is -2.40. The Bertz CT molecular complexity index is 639. The minimum Gasteiger partial charge on any atom is -0.497 e. The van der Waals surface area contributed by atoms with Crippen molar-refractivity contribution in [3.63, 3.8) is 0 Å². The predicted molar refractivity (Wildman–Crippen MR) is 88.1 cm³/mol. The molecule has 0 aromatic heterocycles. The zero-order valence-corrected chi connectivity index (χ0v) is 13.1. The number of benzene rings is 2. The molecule has 0 bridgehead atoms. The molecule has 0 unspecified atom stereocenters. The molecule has 1 amide bonds. The van der Waals surface area contributed by atoms with Crippen molar-refractivity contribution in [3.8, 4) is 11.5 Å². The van der Waals surface area contributed by atoms with Gasteiger partial charge in [-0.25, -0.2) is 0 Å². The highest BCUT2D eigenvalue weighted by Gasteiger charge is 2.06. The number of methoxy groups -OCH3 is 2. The number of hydrogen-bond acceptors (Lipinski definition) is 4. The molecule has 2 N–H and O–H groups in total. The maximum Gasteiger partial charge on any atom is 0.243 e. The predicted octanol–water partition coefficient (Wildman–Crippen LogP) is 3.41. The summed E-state index contributed by atoms with van der Waals surface area (Å²) >= 11 is 5.89. The average Bonchev–Trinajstić information content (AvgIpc) is 2.52. The number of nitrogens with one attached hydrogen (secondary N) is 2. The van der Waals surface area contributed by atoms with E-state index in [2.05, 4.69) is 10.6 Å². The fourth-order valence-electron chi connectivity index (χ4n) is 1.87. The van der Waals surface area contributed by atoms with Crippen LogP contribution in [0.25, 0.3) is 0 Å². The third kappa shape index (κ3) is 4.56. The van der Waals surface area contributed by atoms with E-state index in [-0.39, 0.29) is 12.5 Å². The molecule has 0 saturated heterocycles. The fourth-order valence-corrected chi connectivity index (χ4v) is 2.06. The maximum atomic E-state index is 12.0. The summed E-state index contributed by atoms with van der Waals surface area (Å²) in [6, 6.07) is 12.4. The number of carbonyl (C=O) groups is 1. The second-order valence-electron chi connectivity index (χ2n) is 4.51. The Morgan fingerprint density at radius 3 is 2.32 bits per heavy atom. The molecule has 0 spiro atoms. The van der Waals surface area contributed by atoms with E-state index in [4.69, 9.17) is 21.1 Å². The van der Waals surface area contributed by atoms with Crippen LogP contribution in [0.4, 0.5) is 11.4 Å². The van der Waals surface area contributed by atoms with Crippen molar-refractivity contribution in [1.29, 1.82) is 0 Å². The van der Waals surface area contributed by atoms with E-state index in [1.54, 1.807) is 44.6 Å². The molecule has 0 aliphatic rings. The first-order chi connectivity index (χ1) is 10.6. The lowest BCUT2D eigenvalue weighted by Crippen LogP contribution is -2.21. The van der Waals surface area contributed by atoms with Crippen molar-refractivity contribution in [2.24, 2.45) is 0 Å². The van der Waals surface area contributed by atoms with E-state index >= 15 is 0 Å². The summed E-state index contributed by atoms with van der Waals surface area (Å²) in [5.74, 6) is 1.03. The first-order valence-electron chi connectivity index (χ1n) is 6.63. The number of ether oxygens (including phenoxy) is 2. The van der Waals surface area contributed by atoms with Gasteiger partial charge < -0.3 is 20.1 Å². The molecule has 0 fully saturated rings. The molecule has 2 aromatic rings. The van der Waals surface area contributed by atoms with E-state index in [1.165, 1.54) is 0 Å². The van der Waals surface area contributed by atoms with Crippen molar-refractivity contribution in [2.75, 3.05) is 31.4 Å². The lowest BCUT2D eigenvalue weighted by atomic mass is 10.2. The highest BCUT2D eigenvalue weighted by atomic mass is 35.5. The van der Waals surface area contributed by atoms with Crippen molar-refractivity contribution in [2.45, 2.75) is 0 Å². The van der Waals surface area contributed by atoms with Crippen LogP contribution in [0, 0.1) is 0 Å². The quantitative estimate of drug-likeness (QED) is 0.856.